The Morgan fingerprint density at radius 3 is 2.86 bits per heavy atom. The SMILES string of the molecule is CCn1cc(C[C@H](N)C(=O)O)c(C)n1. The van der Waals surface area contributed by atoms with Gasteiger partial charge in [-0.2, -0.15) is 5.10 Å². The summed E-state index contributed by atoms with van der Waals surface area (Å²) >= 11 is 0. The number of aromatic nitrogens is 2. The van der Waals surface area contributed by atoms with E-state index in [1.165, 1.54) is 0 Å². The first-order valence-electron chi connectivity index (χ1n) is 4.56. The van der Waals surface area contributed by atoms with Crippen LogP contribution in [0, 0.1) is 6.92 Å². The summed E-state index contributed by atoms with van der Waals surface area (Å²) in [6.07, 6.45) is 2.18. The number of hydrogen-bond donors (Lipinski definition) is 2. The van der Waals surface area contributed by atoms with Crippen LogP contribution < -0.4 is 5.73 Å². The monoisotopic (exact) mass is 197 g/mol. The van der Waals surface area contributed by atoms with Crippen molar-refractivity contribution in [2.24, 2.45) is 5.73 Å². The molecule has 0 saturated heterocycles. The fourth-order valence-electron chi connectivity index (χ4n) is 1.25. The lowest BCUT2D eigenvalue weighted by Gasteiger charge is -2.03. The summed E-state index contributed by atoms with van der Waals surface area (Å²) < 4.78 is 1.78. The molecule has 5 heteroatoms. The molecule has 78 valence electrons. The zero-order chi connectivity index (χ0) is 10.7. The molecular formula is C9H15N3O2. The number of nitrogens with zero attached hydrogens (tertiary/aromatic N) is 2. The van der Waals surface area contributed by atoms with Gasteiger partial charge >= 0.3 is 5.97 Å². The molecule has 1 aromatic rings. The Bertz CT molecular complexity index is 333. The quantitative estimate of drug-likeness (QED) is 0.720. The van der Waals surface area contributed by atoms with E-state index in [9.17, 15) is 4.79 Å². The van der Waals surface area contributed by atoms with Gasteiger partial charge in [0, 0.05) is 19.2 Å². The Hall–Kier alpha value is -1.36. The molecule has 0 aliphatic rings. The zero-order valence-electron chi connectivity index (χ0n) is 8.40. The van der Waals surface area contributed by atoms with E-state index in [4.69, 9.17) is 10.8 Å². The Morgan fingerprint density at radius 2 is 2.43 bits per heavy atom. The van der Waals surface area contributed by atoms with Gasteiger partial charge in [0.2, 0.25) is 0 Å². The number of nitrogens with two attached hydrogens (primary N) is 1. The molecule has 0 bridgehead atoms. The van der Waals surface area contributed by atoms with E-state index in [2.05, 4.69) is 5.10 Å². The van der Waals surface area contributed by atoms with Crippen LogP contribution in [-0.2, 0) is 17.8 Å². The summed E-state index contributed by atoms with van der Waals surface area (Å²) in [7, 11) is 0. The maximum absolute atomic E-state index is 10.5. The molecule has 1 aromatic heterocycles. The average Bonchev–Trinajstić information content (AvgIpc) is 2.47. The Kier molecular flexibility index (Phi) is 3.24. The van der Waals surface area contributed by atoms with E-state index in [0.29, 0.717) is 6.42 Å². The highest BCUT2D eigenvalue weighted by Crippen LogP contribution is 2.07. The molecule has 0 fully saturated rings. The van der Waals surface area contributed by atoms with Crippen LogP contribution >= 0.6 is 0 Å². The third-order valence-electron chi connectivity index (χ3n) is 2.13. The molecule has 0 radical (unpaired) electrons. The van der Waals surface area contributed by atoms with Gasteiger partial charge in [0.1, 0.15) is 6.04 Å². The number of hydrogen-bond acceptors (Lipinski definition) is 3. The molecule has 1 atom stereocenters. The molecule has 0 spiro atoms. The number of carboxylic acids is 1. The van der Waals surface area contributed by atoms with E-state index in [1.807, 2.05) is 20.0 Å². The van der Waals surface area contributed by atoms with Crippen molar-refractivity contribution in [2.45, 2.75) is 32.9 Å². The molecule has 3 N–H and O–H groups in total. The minimum atomic E-state index is -0.978. The maximum Gasteiger partial charge on any atom is 0.320 e. The largest absolute Gasteiger partial charge is 0.480 e. The van der Waals surface area contributed by atoms with Crippen molar-refractivity contribution in [2.75, 3.05) is 0 Å². The highest BCUT2D eigenvalue weighted by molar-refractivity contribution is 5.73. The maximum atomic E-state index is 10.5. The van der Waals surface area contributed by atoms with Crippen LogP contribution in [-0.4, -0.2) is 26.9 Å². The van der Waals surface area contributed by atoms with E-state index >= 15 is 0 Å². The topological polar surface area (TPSA) is 81.1 Å². The van der Waals surface area contributed by atoms with Crippen LogP contribution in [0.5, 0.6) is 0 Å². The molecule has 5 nitrogen and oxygen atoms in total. The van der Waals surface area contributed by atoms with Crippen molar-refractivity contribution in [3.05, 3.63) is 17.5 Å². The lowest BCUT2D eigenvalue weighted by atomic mass is 10.1. The van der Waals surface area contributed by atoms with Gasteiger partial charge in [-0.05, 0) is 19.4 Å². The third-order valence-corrected chi connectivity index (χ3v) is 2.13. The van der Waals surface area contributed by atoms with Gasteiger partial charge in [-0.1, -0.05) is 0 Å². The molecule has 0 saturated carbocycles. The van der Waals surface area contributed by atoms with Crippen molar-refractivity contribution < 1.29 is 9.90 Å². The molecule has 1 heterocycles. The molecule has 1 rings (SSSR count). The minimum Gasteiger partial charge on any atom is -0.480 e. The first-order valence-corrected chi connectivity index (χ1v) is 4.56. The van der Waals surface area contributed by atoms with Gasteiger partial charge in [0.25, 0.3) is 0 Å². The molecule has 0 amide bonds. The molecule has 14 heavy (non-hydrogen) atoms. The van der Waals surface area contributed by atoms with Gasteiger partial charge in [0.05, 0.1) is 5.69 Å². The Balaban J connectivity index is 2.75. The smallest absolute Gasteiger partial charge is 0.320 e. The number of carbonyl (C=O) groups is 1. The lowest BCUT2D eigenvalue weighted by Crippen LogP contribution is -2.32. The van der Waals surface area contributed by atoms with Crippen LogP contribution in [0.3, 0.4) is 0 Å². The van der Waals surface area contributed by atoms with E-state index in [0.717, 1.165) is 17.8 Å². The zero-order valence-corrected chi connectivity index (χ0v) is 8.40. The summed E-state index contributed by atoms with van der Waals surface area (Å²) in [5.74, 6) is -0.978. The highest BCUT2D eigenvalue weighted by atomic mass is 16.4. The van der Waals surface area contributed by atoms with Crippen LogP contribution in [0.15, 0.2) is 6.20 Å². The van der Waals surface area contributed by atoms with Gasteiger partial charge in [0.15, 0.2) is 0 Å². The predicted octanol–water partition coefficient (Wildman–Crippen LogP) is 0.166. The average molecular weight is 197 g/mol. The second-order valence-corrected chi connectivity index (χ2v) is 3.24. The van der Waals surface area contributed by atoms with Crippen molar-refractivity contribution in [3.8, 4) is 0 Å². The second kappa shape index (κ2) is 4.23. The minimum absolute atomic E-state index is 0.334. The molecule has 0 aliphatic carbocycles. The van der Waals surface area contributed by atoms with E-state index in [-0.39, 0.29) is 0 Å². The molecule has 0 aliphatic heterocycles. The second-order valence-electron chi connectivity index (χ2n) is 3.24. The molecule has 0 aromatic carbocycles. The van der Waals surface area contributed by atoms with Crippen LogP contribution in [0.2, 0.25) is 0 Å². The fourth-order valence-corrected chi connectivity index (χ4v) is 1.25. The normalized spacial score (nSPS) is 12.8. The standard InChI is InChI=1S/C9H15N3O2/c1-3-12-5-7(6(2)11-12)4-8(10)9(13)14/h5,8H,3-4,10H2,1-2H3,(H,13,14)/t8-/m0/s1. The van der Waals surface area contributed by atoms with Gasteiger partial charge in [-0.25, -0.2) is 0 Å². The highest BCUT2D eigenvalue weighted by Gasteiger charge is 2.15. The van der Waals surface area contributed by atoms with E-state index in [1.54, 1.807) is 4.68 Å². The van der Waals surface area contributed by atoms with Crippen molar-refractivity contribution in [3.63, 3.8) is 0 Å². The predicted molar refractivity (Wildman–Crippen MR) is 52.0 cm³/mol. The number of rotatable bonds is 4. The van der Waals surface area contributed by atoms with Crippen LogP contribution in [0.25, 0.3) is 0 Å². The number of aliphatic carboxylic acids is 1. The van der Waals surface area contributed by atoms with Crippen LogP contribution in [0.4, 0.5) is 0 Å². The third kappa shape index (κ3) is 2.32. The first kappa shape index (κ1) is 10.7. The summed E-state index contributed by atoms with van der Waals surface area (Å²) in [6.45, 7) is 4.62. The Labute approximate surface area is 82.5 Å². The summed E-state index contributed by atoms with van der Waals surface area (Å²) in [5.41, 5.74) is 7.19. The summed E-state index contributed by atoms with van der Waals surface area (Å²) in [5, 5.41) is 12.9. The lowest BCUT2D eigenvalue weighted by molar-refractivity contribution is -0.138. The van der Waals surface area contributed by atoms with E-state index < -0.39 is 12.0 Å². The summed E-state index contributed by atoms with van der Waals surface area (Å²) in [4.78, 5) is 10.5. The first-order chi connectivity index (χ1) is 6.54. The van der Waals surface area contributed by atoms with Crippen molar-refractivity contribution >= 4 is 5.97 Å². The molecule has 0 unspecified atom stereocenters. The van der Waals surface area contributed by atoms with Crippen molar-refractivity contribution in [1.29, 1.82) is 0 Å². The number of carboxylic acid groups (broad SMARTS) is 1. The Morgan fingerprint density at radius 1 is 1.79 bits per heavy atom. The van der Waals surface area contributed by atoms with Gasteiger partial charge < -0.3 is 10.8 Å². The van der Waals surface area contributed by atoms with Crippen LogP contribution in [0.1, 0.15) is 18.2 Å². The molecular weight excluding hydrogens is 182 g/mol. The fraction of sp³-hybridized carbons (Fsp3) is 0.556. The van der Waals surface area contributed by atoms with Gasteiger partial charge in [-0.15, -0.1) is 0 Å². The van der Waals surface area contributed by atoms with Gasteiger partial charge in [-0.3, -0.25) is 9.48 Å². The number of aryl methyl sites for hydroxylation is 2. The van der Waals surface area contributed by atoms with Crippen molar-refractivity contribution in [1.82, 2.24) is 9.78 Å². The summed E-state index contributed by atoms with van der Waals surface area (Å²) in [6, 6.07) is -0.844.